The van der Waals surface area contributed by atoms with E-state index in [0.29, 0.717) is 25.9 Å². The van der Waals surface area contributed by atoms with Crippen LogP contribution < -0.4 is 5.32 Å². The fraction of sp³-hybridized carbons (Fsp3) is 0.902. The van der Waals surface area contributed by atoms with Crippen LogP contribution in [0.3, 0.4) is 0 Å². The number of ether oxygens (including phenoxy) is 1. The second kappa shape index (κ2) is 56.9. The highest BCUT2D eigenvalue weighted by Gasteiger charge is 2.20. The number of hydrogen-bond acceptors (Lipinski definition) is 5. The molecule has 396 valence electrons. The van der Waals surface area contributed by atoms with Crippen molar-refractivity contribution in [2.24, 2.45) is 0 Å². The molecule has 0 aromatic carbocycles. The van der Waals surface area contributed by atoms with Crippen LogP contribution in [0.4, 0.5) is 0 Å². The molecule has 0 aliphatic heterocycles. The van der Waals surface area contributed by atoms with E-state index in [9.17, 15) is 19.8 Å². The SMILES string of the molecule is CCCCCC/C=C\CCCCCCCC(=O)OCCCCCCCC/C=C\CCCCCCCCCC(=O)NC(CO)C(O)CCCCCCCCCCCCCCCCCCCCCC. The summed E-state index contributed by atoms with van der Waals surface area (Å²) in [7, 11) is 0. The summed E-state index contributed by atoms with van der Waals surface area (Å²) in [6, 6.07) is -0.551. The number of aliphatic hydroxyl groups excluding tert-OH is 2. The standard InChI is InChI=1S/C61H117NO5/c1-3-5-7-9-11-13-15-17-18-19-20-21-23-26-30-33-37-41-45-49-53-59(64)58(57-63)62-60(65)54-50-46-42-38-34-31-27-24-22-25-28-32-36-40-44-48-52-56-67-61(66)55-51-47-43-39-35-29-16-14-12-10-8-6-4-2/h14,16,22,25,58-59,63-64H,3-13,15,17-21,23-24,26-57H2,1-2H3,(H,62,65)/b16-14-,25-22-. The minimum Gasteiger partial charge on any atom is -0.466 e. The first-order chi connectivity index (χ1) is 33.0. The van der Waals surface area contributed by atoms with Crippen LogP contribution in [0.2, 0.25) is 0 Å². The van der Waals surface area contributed by atoms with Crippen LogP contribution in [0.1, 0.15) is 328 Å². The molecule has 0 heterocycles. The van der Waals surface area contributed by atoms with E-state index in [0.717, 1.165) is 57.8 Å². The van der Waals surface area contributed by atoms with E-state index in [1.54, 1.807) is 0 Å². The number of allylic oxidation sites excluding steroid dienone is 4. The van der Waals surface area contributed by atoms with Gasteiger partial charge in [-0.25, -0.2) is 0 Å². The molecule has 0 spiro atoms. The second-order valence-corrected chi connectivity index (χ2v) is 20.7. The number of esters is 1. The third kappa shape index (κ3) is 53.5. The summed E-state index contributed by atoms with van der Waals surface area (Å²) in [6.07, 6.45) is 68.9. The van der Waals surface area contributed by atoms with Crippen molar-refractivity contribution in [3.8, 4) is 0 Å². The van der Waals surface area contributed by atoms with Gasteiger partial charge in [-0.15, -0.1) is 0 Å². The van der Waals surface area contributed by atoms with Crippen molar-refractivity contribution < 1.29 is 24.5 Å². The number of amides is 1. The van der Waals surface area contributed by atoms with Crippen LogP contribution >= 0.6 is 0 Å². The first-order valence-electron chi connectivity index (χ1n) is 30.1. The molecule has 0 fully saturated rings. The van der Waals surface area contributed by atoms with Gasteiger partial charge in [0, 0.05) is 12.8 Å². The Morgan fingerprint density at radius 3 is 1.07 bits per heavy atom. The van der Waals surface area contributed by atoms with Gasteiger partial charge in [-0.3, -0.25) is 9.59 Å². The van der Waals surface area contributed by atoms with Gasteiger partial charge in [0.2, 0.25) is 5.91 Å². The lowest BCUT2D eigenvalue weighted by atomic mass is 10.0. The average molecular weight is 945 g/mol. The van der Waals surface area contributed by atoms with Gasteiger partial charge < -0.3 is 20.3 Å². The van der Waals surface area contributed by atoms with E-state index in [1.807, 2.05) is 0 Å². The smallest absolute Gasteiger partial charge is 0.305 e. The molecular formula is C61H117NO5. The maximum Gasteiger partial charge on any atom is 0.305 e. The number of unbranched alkanes of at least 4 members (excludes halogenated alkanes) is 41. The predicted molar refractivity (Wildman–Crippen MR) is 292 cm³/mol. The Kier molecular flexibility index (Phi) is 55.5. The topological polar surface area (TPSA) is 95.9 Å². The minimum absolute atomic E-state index is 0.0106. The van der Waals surface area contributed by atoms with Crippen molar-refractivity contribution in [2.45, 2.75) is 341 Å². The first-order valence-corrected chi connectivity index (χ1v) is 30.1. The van der Waals surface area contributed by atoms with Crippen molar-refractivity contribution >= 4 is 11.9 Å². The molecule has 67 heavy (non-hydrogen) atoms. The van der Waals surface area contributed by atoms with Crippen LogP contribution in [0.5, 0.6) is 0 Å². The van der Waals surface area contributed by atoms with Gasteiger partial charge in [-0.05, 0) is 77.0 Å². The third-order valence-electron chi connectivity index (χ3n) is 14.0. The zero-order valence-electron chi connectivity index (χ0n) is 45.1. The molecule has 0 radical (unpaired) electrons. The summed E-state index contributed by atoms with van der Waals surface area (Å²) in [5, 5.41) is 23.3. The molecule has 0 rings (SSSR count). The summed E-state index contributed by atoms with van der Waals surface area (Å²) >= 11 is 0. The van der Waals surface area contributed by atoms with Crippen LogP contribution in [-0.2, 0) is 14.3 Å². The molecule has 3 N–H and O–H groups in total. The van der Waals surface area contributed by atoms with Crippen LogP contribution in [0.25, 0.3) is 0 Å². The lowest BCUT2D eigenvalue weighted by Gasteiger charge is -2.22. The Labute approximate surface area is 418 Å². The van der Waals surface area contributed by atoms with Crippen molar-refractivity contribution in [1.82, 2.24) is 5.32 Å². The molecule has 6 heteroatoms. The summed E-state index contributed by atoms with van der Waals surface area (Å²) in [4.78, 5) is 24.5. The maximum absolute atomic E-state index is 12.5. The van der Waals surface area contributed by atoms with E-state index in [1.165, 1.54) is 238 Å². The minimum atomic E-state index is -0.673. The highest BCUT2D eigenvalue weighted by atomic mass is 16.5. The van der Waals surface area contributed by atoms with E-state index in [2.05, 4.69) is 43.5 Å². The van der Waals surface area contributed by atoms with Gasteiger partial charge in [0.05, 0.1) is 25.4 Å². The number of hydrogen-bond donors (Lipinski definition) is 3. The van der Waals surface area contributed by atoms with Gasteiger partial charge in [0.25, 0.3) is 0 Å². The number of carbonyl (C=O) groups is 2. The maximum atomic E-state index is 12.5. The van der Waals surface area contributed by atoms with E-state index >= 15 is 0 Å². The molecule has 0 saturated heterocycles. The zero-order valence-corrected chi connectivity index (χ0v) is 45.1. The number of carbonyl (C=O) groups excluding carboxylic acids is 2. The molecule has 6 nitrogen and oxygen atoms in total. The molecular weight excluding hydrogens is 827 g/mol. The molecule has 1 amide bonds. The van der Waals surface area contributed by atoms with Crippen LogP contribution in [0.15, 0.2) is 24.3 Å². The summed E-state index contributed by atoms with van der Waals surface area (Å²) in [6.45, 7) is 4.93. The highest BCUT2D eigenvalue weighted by molar-refractivity contribution is 5.76. The fourth-order valence-corrected chi connectivity index (χ4v) is 9.34. The number of nitrogens with one attached hydrogen (secondary N) is 1. The third-order valence-corrected chi connectivity index (χ3v) is 14.0. The average Bonchev–Trinajstić information content (AvgIpc) is 3.33. The number of rotatable bonds is 56. The van der Waals surface area contributed by atoms with Crippen molar-refractivity contribution in [2.75, 3.05) is 13.2 Å². The van der Waals surface area contributed by atoms with Gasteiger partial charge in [0.1, 0.15) is 0 Å². The molecule has 0 saturated carbocycles. The Morgan fingerprint density at radius 2 is 0.701 bits per heavy atom. The summed E-state index contributed by atoms with van der Waals surface area (Å²) < 4.78 is 5.46. The van der Waals surface area contributed by atoms with Crippen LogP contribution in [0, 0.1) is 0 Å². The molecule has 0 aliphatic carbocycles. The Bertz CT molecular complexity index is 1040. The quantitative estimate of drug-likeness (QED) is 0.0321. The van der Waals surface area contributed by atoms with E-state index in [4.69, 9.17) is 4.74 Å². The lowest BCUT2D eigenvalue weighted by Crippen LogP contribution is -2.45. The van der Waals surface area contributed by atoms with Gasteiger partial charge in [-0.1, -0.05) is 263 Å². The van der Waals surface area contributed by atoms with Crippen molar-refractivity contribution in [3.63, 3.8) is 0 Å². The Balaban J connectivity index is 3.46. The summed E-state index contributed by atoms with van der Waals surface area (Å²) in [5.74, 6) is -0.0550. The Hall–Kier alpha value is -1.66. The lowest BCUT2D eigenvalue weighted by molar-refractivity contribution is -0.143. The molecule has 0 aromatic rings. The Morgan fingerprint density at radius 1 is 0.403 bits per heavy atom. The predicted octanol–water partition coefficient (Wildman–Crippen LogP) is 18.6. The van der Waals surface area contributed by atoms with Gasteiger partial charge in [-0.2, -0.15) is 0 Å². The zero-order chi connectivity index (χ0) is 48.6. The highest BCUT2D eigenvalue weighted by Crippen LogP contribution is 2.17. The van der Waals surface area contributed by atoms with Crippen molar-refractivity contribution in [1.29, 1.82) is 0 Å². The van der Waals surface area contributed by atoms with E-state index < -0.39 is 12.1 Å². The monoisotopic (exact) mass is 944 g/mol. The van der Waals surface area contributed by atoms with Gasteiger partial charge >= 0.3 is 5.97 Å². The normalized spacial score (nSPS) is 12.7. The second-order valence-electron chi connectivity index (χ2n) is 20.7. The molecule has 0 aliphatic rings. The molecule has 2 unspecified atom stereocenters. The summed E-state index contributed by atoms with van der Waals surface area (Å²) in [5.41, 5.74) is 0. The van der Waals surface area contributed by atoms with E-state index in [-0.39, 0.29) is 18.5 Å². The molecule has 0 aromatic heterocycles. The molecule has 2 atom stereocenters. The first kappa shape index (κ1) is 65.3. The molecule has 0 bridgehead atoms. The van der Waals surface area contributed by atoms with Gasteiger partial charge in [0.15, 0.2) is 0 Å². The fourth-order valence-electron chi connectivity index (χ4n) is 9.34. The van der Waals surface area contributed by atoms with Crippen LogP contribution in [-0.4, -0.2) is 47.4 Å². The largest absolute Gasteiger partial charge is 0.466 e. The number of aliphatic hydroxyl groups is 2. The van der Waals surface area contributed by atoms with Crippen molar-refractivity contribution in [3.05, 3.63) is 24.3 Å².